The van der Waals surface area contributed by atoms with Crippen molar-refractivity contribution in [2.75, 3.05) is 0 Å². The van der Waals surface area contributed by atoms with E-state index in [-0.39, 0.29) is 29.6 Å². The number of aromatic amines is 1. The lowest BCUT2D eigenvalue weighted by Crippen LogP contribution is -2.12. The molecule has 4 rings (SSSR count). The summed E-state index contributed by atoms with van der Waals surface area (Å²) in [4.78, 5) is 11.2. The van der Waals surface area contributed by atoms with E-state index in [0.717, 1.165) is 0 Å². The Morgan fingerprint density at radius 3 is 2.43 bits per heavy atom. The molecule has 0 bridgehead atoms. The van der Waals surface area contributed by atoms with E-state index in [1.807, 2.05) is 0 Å². The summed E-state index contributed by atoms with van der Waals surface area (Å²) in [6, 6.07) is 11.8. The molecule has 0 radical (unpaired) electrons. The summed E-state index contributed by atoms with van der Waals surface area (Å²) in [6.45, 7) is -0.188. The molecule has 2 heterocycles. The summed E-state index contributed by atoms with van der Waals surface area (Å²) in [5, 5.41) is 6.97. The third-order valence-corrected chi connectivity index (χ3v) is 3.80. The van der Waals surface area contributed by atoms with Gasteiger partial charge in [0.1, 0.15) is 12.4 Å². The Labute approximate surface area is 155 Å². The highest BCUT2D eigenvalue weighted by Gasteiger charge is 2.35. The zero-order valence-corrected chi connectivity index (χ0v) is 14.0. The topological polar surface area (TPSA) is 76.6 Å². The van der Waals surface area contributed by atoms with Gasteiger partial charge in [-0.3, -0.25) is 5.10 Å². The van der Waals surface area contributed by atoms with Crippen LogP contribution in [0.25, 0.3) is 22.3 Å². The number of fused-ring (bicyclic) bond motifs is 1. The van der Waals surface area contributed by atoms with Crippen LogP contribution in [0.4, 0.5) is 17.6 Å². The minimum absolute atomic E-state index is 0.115. The van der Waals surface area contributed by atoms with E-state index in [1.54, 1.807) is 18.2 Å². The highest BCUT2D eigenvalue weighted by Crippen LogP contribution is 2.31. The molecule has 0 aliphatic rings. The maximum absolute atomic E-state index is 13.0. The van der Waals surface area contributed by atoms with Gasteiger partial charge in [0.25, 0.3) is 0 Å². The van der Waals surface area contributed by atoms with Crippen molar-refractivity contribution in [2.24, 2.45) is 0 Å². The number of alkyl halides is 3. The molecule has 0 unspecified atom stereocenters. The quantitative estimate of drug-likeness (QED) is 0.531. The Morgan fingerprint density at radius 1 is 0.929 bits per heavy atom. The van der Waals surface area contributed by atoms with Gasteiger partial charge in [-0.05, 0) is 36.4 Å². The first kappa shape index (κ1) is 17.8. The second kappa shape index (κ2) is 6.87. The van der Waals surface area contributed by atoms with Gasteiger partial charge in [0.2, 0.25) is 11.7 Å². The first-order valence-corrected chi connectivity index (χ1v) is 8.04. The molecule has 142 valence electrons. The standard InChI is InChI=1S/C18H11F4N5O/c19-11-7-5-10(6-8-11)15-24-14(26-27-15)9-28-16-12-3-1-2-4-13(12)23-17(25-16)18(20,21)22/h1-8H,9H2,(H,24,26,27). The largest absolute Gasteiger partial charge is 0.469 e. The van der Waals surface area contributed by atoms with Crippen LogP contribution in [0, 0.1) is 5.82 Å². The SMILES string of the molecule is Fc1ccc(-c2n[nH]c(COc3nc(C(F)(F)F)nc4ccccc34)n2)cc1. The van der Waals surface area contributed by atoms with Crippen LogP contribution in [0.5, 0.6) is 5.88 Å². The van der Waals surface area contributed by atoms with Gasteiger partial charge in [-0.25, -0.2) is 14.4 Å². The van der Waals surface area contributed by atoms with E-state index in [0.29, 0.717) is 16.8 Å². The van der Waals surface area contributed by atoms with Gasteiger partial charge in [0.05, 0.1) is 10.9 Å². The minimum atomic E-state index is -4.70. The molecule has 1 N–H and O–H groups in total. The number of aromatic nitrogens is 5. The number of H-pyrrole nitrogens is 1. The van der Waals surface area contributed by atoms with Crippen molar-refractivity contribution in [2.45, 2.75) is 12.8 Å². The van der Waals surface area contributed by atoms with Crippen LogP contribution in [0.3, 0.4) is 0 Å². The molecular formula is C18H11F4N5O. The average Bonchev–Trinajstić information content (AvgIpc) is 3.15. The van der Waals surface area contributed by atoms with Gasteiger partial charge in [-0.2, -0.15) is 23.3 Å². The fraction of sp³-hybridized carbons (Fsp3) is 0.111. The molecule has 0 aliphatic carbocycles. The van der Waals surface area contributed by atoms with Crippen LogP contribution in [0.15, 0.2) is 48.5 Å². The number of ether oxygens (including phenoxy) is 1. The second-order valence-electron chi connectivity index (χ2n) is 5.77. The van der Waals surface area contributed by atoms with Crippen LogP contribution in [0.1, 0.15) is 11.6 Å². The summed E-state index contributed by atoms with van der Waals surface area (Å²) in [5.41, 5.74) is 0.695. The fourth-order valence-corrected chi connectivity index (χ4v) is 2.51. The smallest absolute Gasteiger partial charge is 0.451 e. The summed E-state index contributed by atoms with van der Waals surface area (Å²) in [7, 11) is 0. The zero-order valence-electron chi connectivity index (χ0n) is 14.0. The third-order valence-electron chi connectivity index (χ3n) is 3.80. The number of nitrogens with zero attached hydrogens (tertiary/aromatic N) is 4. The normalized spacial score (nSPS) is 11.7. The summed E-state index contributed by atoms with van der Waals surface area (Å²) >= 11 is 0. The van der Waals surface area contributed by atoms with Crippen LogP contribution in [-0.2, 0) is 12.8 Å². The molecule has 28 heavy (non-hydrogen) atoms. The summed E-state index contributed by atoms with van der Waals surface area (Å²) in [5.74, 6) is -1.31. The molecule has 0 amide bonds. The molecule has 4 aromatic rings. The van der Waals surface area contributed by atoms with Crippen molar-refractivity contribution in [1.29, 1.82) is 0 Å². The molecule has 2 aromatic carbocycles. The molecule has 10 heteroatoms. The van der Waals surface area contributed by atoms with Gasteiger partial charge in [0.15, 0.2) is 11.6 Å². The monoisotopic (exact) mass is 389 g/mol. The lowest BCUT2D eigenvalue weighted by atomic mass is 10.2. The predicted octanol–water partition coefficient (Wildman–Crippen LogP) is 4.15. The summed E-state index contributed by atoms with van der Waals surface area (Å²) < 4.78 is 57.6. The molecule has 0 fully saturated rings. The molecule has 2 aromatic heterocycles. The van der Waals surface area contributed by atoms with Crippen molar-refractivity contribution in [1.82, 2.24) is 25.1 Å². The number of nitrogens with one attached hydrogen (secondary N) is 1. The van der Waals surface area contributed by atoms with Gasteiger partial charge >= 0.3 is 6.18 Å². The van der Waals surface area contributed by atoms with Crippen LogP contribution < -0.4 is 4.74 Å². The van der Waals surface area contributed by atoms with E-state index >= 15 is 0 Å². The van der Waals surface area contributed by atoms with Crippen molar-refractivity contribution in [3.63, 3.8) is 0 Å². The number of rotatable bonds is 4. The molecule has 6 nitrogen and oxygen atoms in total. The number of hydrogen-bond donors (Lipinski definition) is 1. The van der Waals surface area contributed by atoms with Crippen LogP contribution in [-0.4, -0.2) is 25.1 Å². The highest BCUT2D eigenvalue weighted by molar-refractivity contribution is 5.83. The van der Waals surface area contributed by atoms with Crippen molar-refractivity contribution >= 4 is 10.9 Å². The number of hydrogen-bond acceptors (Lipinski definition) is 5. The summed E-state index contributed by atoms with van der Waals surface area (Å²) in [6.07, 6.45) is -4.70. The van der Waals surface area contributed by atoms with Gasteiger partial charge in [0, 0.05) is 5.56 Å². The molecular weight excluding hydrogens is 378 g/mol. The van der Waals surface area contributed by atoms with Gasteiger partial charge < -0.3 is 4.74 Å². The fourth-order valence-electron chi connectivity index (χ4n) is 2.51. The zero-order chi connectivity index (χ0) is 19.7. The molecule has 0 saturated carbocycles. The Morgan fingerprint density at radius 2 is 1.68 bits per heavy atom. The Bertz CT molecular complexity index is 1120. The number of benzene rings is 2. The van der Waals surface area contributed by atoms with Crippen molar-refractivity contribution < 1.29 is 22.3 Å². The van der Waals surface area contributed by atoms with E-state index in [1.165, 1.54) is 30.3 Å². The molecule has 0 saturated heterocycles. The lowest BCUT2D eigenvalue weighted by Gasteiger charge is -2.10. The molecule has 0 spiro atoms. The first-order chi connectivity index (χ1) is 13.4. The average molecular weight is 389 g/mol. The maximum Gasteiger partial charge on any atom is 0.451 e. The van der Waals surface area contributed by atoms with Crippen molar-refractivity contribution in [3.05, 3.63) is 66.0 Å². The van der Waals surface area contributed by atoms with E-state index in [4.69, 9.17) is 4.74 Å². The van der Waals surface area contributed by atoms with Crippen LogP contribution >= 0.6 is 0 Å². The van der Waals surface area contributed by atoms with Crippen molar-refractivity contribution in [3.8, 4) is 17.3 Å². The second-order valence-corrected chi connectivity index (χ2v) is 5.77. The number of para-hydroxylation sites is 1. The van der Waals surface area contributed by atoms with Crippen LogP contribution in [0.2, 0.25) is 0 Å². The highest BCUT2D eigenvalue weighted by atomic mass is 19.4. The number of halogens is 4. The van der Waals surface area contributed by atoms with E-state index < -0.39 is 12.0 Å². The van der Waals surface area contributed by atoms with E-state index in [9.17, 15) is 17.6 Å². The maximum atomic E-state index is 13.0. The first-order valence-electron chi connectivity index (χ1n) is 8.04. The Kier molecular flexibility index (Phi) is 4.38. The Hall–Kier alpha value is -3.56. The van der Waals surface area contributed by atoms with Gasteiger partial charge in [-0.1, -0.05) is 12.1 Å². The minimum Gasteiger partial charge on any atom is -0.469 e. The third kappa shape index (κ3) is 3.61. The van der Waals surface area contributed by atoms with Gasteiger partial charge in [-0.15, -0.1) is 0 Å². The lowest BCUT2D eigenvalue weighted by molar-refractivity contribution is -0.145. The Balaban J connectivity index is 1.60. The molecule has 0 atom stereocenters. The molecule has 0 aliphatic heterocycles. The van der Waals surface area contributed by atoms with E-state index in [2.05, 4.69) is 25.1 Å². The predicted molar refractivity (Wildman–Crippen MR) is 90.6 cm³/mol.